The predicted molar refractivity (Wildman–Crippen MR) is 101 cm³/mol. The molecule has 4 aromatic rings. The number of furan rings is 1. The number of anilines is 2. The molecule has 0 radical (unpaired) electrons. The van der Waals surface area contributed by atoms with Gasteiger partial charge in [-0.15, -0.1) is 16.4 Å². The van der Waals surface area contributed by atoms with E-state index in [1.165, 1.54) is 11.3 Å². The van der Waals surface area contributed by atoms with Crippen molar-refractivity contribution in [2.75, 3.05) is 5.32 Å². The Morgan fingerprint density at radius 3 is 2.80 bits per heavy atom. The summed E-state index contributed by atoms with van der Waals surface area (Å²) in [6.07, 6.45) is 3.24. The Morgan fingerprint density at radius 2 is 2.04 bits per heavy atom. The molecule has 4 rings (SSSR count). The van der Waals surface area contributed by atoms with E-state index in [-0.39, 0.29) is 5.69 Å². The average Bonchev–Trinajstić information content (AvgIpc) is 3.21. The highest BCUT2D eigenvalue weighted by atomic mass is 79.9. The minimum atomic E-state index is -0.592. The lowest BCUT2D eigenvalue weighted by Gasteiger charge is -2.04. The summed E-state index contributed by atoms with van der Waals surface area (Å²) >= 11 is 4.82. The van der Waals surface area contributed by atoms with Crippen LogP contribution >= 0.6 is 27.3 Å². The van der Waals surface area contributed by atoms with Gasteiger partial charge in [0.15, 0.2) is 11.5 Å². The number of thiophene rings is 1. The first-order chi connectivity index (χ1) is 12.1. The molecule has 3 N–H and O–H groups in total. The first kappa shape index (κ1) is 15.8. The van der Waals surface area contributed by atoms with Crippen LogP contribution in [0.5, 0.6) is 0 Å². The van der Waals surface area contributed by atoms with E-state index in [9.17, 15) is 4.79 Å². The molecule has 8 heteroatoms. The molecule has 0 saturated carbocycles. The first-order valence-corrected chi connectivity index (χ1v) is 8.88. The number of amides is 1. The molecule has 0 aliphatic carbocycles. The summed E-state index contributed by atoms with van der Waals surface area (Å²) in [6.45, 7) is 0. The third-order valence-electron chi connectivity index (χ3n) is 3.59. The van der Waals surface area contributed by atoms with Gasteiger partial charge in [0, 0.05) is 21.5 Å². The van der Waals surface area contributed by atoms with Crippen LogP contribution in [0.3, 0.4) is 0 Å². The Labute approximate surface area is 154 Å². The highest BCUT2D eigenvalue weighted by Gasteiger charge is 2.15. The van der Waals surface area contributed by atoms with Crippen LogP contribution in [0.4, 0.5) is 10.7 Å². The predicted octanol–water partition coefficient (Wildman–Crippen LogP) is 4.56. The number of carbonyl (C=O) groups excluding carboxylic acids is 1. The van der Waals surface area contributed by atoms with E-state index in [2.05, 4.69) is 31.4 Å². The van der Waals surface area contributed by atoms with Crippen LogP contribution in [-0.2, 0) is 0 Å². The summed E-state index contributed by atoms with van der Waals surface area (Å²) in [6, 6.07) is 11.6. The van der Waals surface area contributed by atoms with Crippen molar-refractivity contribution in [2.24, 2.45) is 5.73 Å². The van der Waals surface area contributed by atoms with Gasteiger partial charge < -0.3 is 15.5 Å². The van der Waals surface area contributed by atoms with E-state index in [4.69, 9.17) is 10.2 Å². The van der Waals surface area contributed by atoms with E-state index in [0.717, 1.165) is 31.9 Å². The Morgan fingerprint density at radius 1 is 1.24 bits per heavy atom. The second-order valence-corrected chi connectivity index (χ2v) is 7.22. The van der Waals surface area contributed by atoms with Gasteiger partial charge in [-0.2, -0.15) is 5.10 Å². The molecule has 0 spiro atoms. The zero-order chi connectivity index (χ0) is 17.4. The van der Waals surface area contributed by atoms with Gasteiger partial charge in [-0.05, 0) is 18.2 Å². The van der Waals surface area contributed by atoms with E-state index >= 15 is 0 Å². The molecule has 0 saturated heterocycles. The van der Waals surface area contributed by atoms with E-state index in [1.54, 1.807) is 12.5 Å². The minimum Gasteiger partial charge on any atom is -0.462 e. The van der Waals surface area contributed by atoms with Crippen molar-refractivity contribution in [3.05, 3.63) is 59.0 Å². The first-order valence-electron chi connectivity index (χ1n) is 7.27. The number of aromatic nitrogens is 2. The van der Waals surface area contributed by atoms with Crippen molar-refractivity contribution in [3.63, 3.8) is 0 Å². The Bertz CT molecular complexity index is 1070. The molecule has 0 atom stereocenters. The quantitative estimate of drug-likeness (QED) is 0.510. The fraction of sp³-hybridized carbons (Fsp3) is 0. The maximum Gasteiger partial charge on any atom is 0.270 e. The van der Waals surface area contributed by atoms with Crippen LogP contribution in [0, 0.1) is 0 Å². The smallest absolute Gasteiger partial charge is 0.270 e. The van der Waals surface area contributed by atoms with Crippen molar-refractivity contribution in [1.82, 2.24) is 10.2 Å². The molecular formula is C17H11BrN4O2S. The van der Waals surface area contributed by atoms with Crippen molar-refractivity contribution >= 4 is 53.9 Å². The van der Waals surface area contributed by atoms with E-state index in [0.29, 0.717) is 4.70 Å². The molecule has 0 unspecified atom stereocenters. The number of carbonyl (C=O) groups is 1. The van der Waals surface area contributed by atoms with Crippen LogP contribution in [-0.4, -0.2) is 16.1 Å². The molecule has 1 amide bonds. The number of hydrogen-bond acceptors (Lipinski definition) is 6. The second kappa shape index (κ2) is 6.30. The number of fused-ring (bicyclic) bond motifs is 1. The Hall–Kier alpha value is -2.71. The molecular weight excluding hydrogens is 404 g/mol. The molecule has 3 heterocycles. The van der Waals surface area contributed by atoms with Gasteiger partial charge in [-0.3, -0.25) is 4.79 Å². The summed E-state index contributed by atoms with van der Waals surface area (Å²) in [4.78, 5) is 11.5. The van der Waals surface area contributed by atoms with Crippen LogP contribution < -0.4 is 11.1 Å². The lowest BCUT2D eigenvalue weighted by atomic mass is 10.1. The highest BCUT2D eigenvalue weighted by Crippen LogP contribution is 2.37. The largest absolute Gasteiger partial charge is 0.462 e. The van der Waals surface area contributed by atoms with Gasteiger partial charge in [0.05, 0.1) is 27.8 Å². The lowest BCUT2D eigenvalue weighted by Crippen LogP contribution is -2.13. The fourth-order valence-corrected chi connectivity index (χ4v) is 3.77. The van der Waals surface area contributed by atoms with Gasteiger partial charge in [-0.1, -0.05) is 28.1 Å². The van der Waals surface area contributed by atoms with Crippen molar-refractivity contribution < 1.29 is 9.21 Å². The molecule has 6 nitrogen and oxygen atoms in total. The van der Waals surface area contributed by atoms with Crippen molar-refractivity contribution in [2.45, 2.75) is 0 Å². The monoisotopic (exact) mass is 414 g/mol. The van der Waals surface area contributed by atoms with Crippen molar-refractivity contribution in [1.29, 1.82) is 0 Å². The summed E-state index contributed by atoms with van der Waals surface area (Å²) in [5.41, 5.74) is 7.33. The number of halogens is 1. The fourth-order valence-electron chi connectivity index (χ4n) is 2.47. The summed E-state index contributed by atoms with van der Waals surface area (Å²) < 4.78 is 7.33. The Balaban J connectivity index is 1.71. The van der Waals surface area contributed by atoms with Gasteiger partial charge in [0.2, 0.25) is 0 Å². The number of rotatable bonds is 4. The van der Waals surface area contributed by atoms with Gasteiger partial charge in [0.1, 0.15) is 0 Å². The number of nitrogens with two attached hydrogens (primary N) is 1. The highest BCUT2D eigenvalue weighted by molar-refractivity contribution is 9.10. The Kier molecular flexibility index (Phi) is 3.98. The normalized spacial score (nSPS) is 10.9. The molecule has 124 valence electrons. The van der Waals surface area contributed by atoms with Crippen LogP contribution in [0.2, 0.25) is 0 Å². The van der Waals surface area contributed by atoms with Crippen LogP contribution in [0.1, 0.15) is 10.5 Å². The van der Waals surface area contributed by atoms with Crippen LogP contribution in [0.25, 0.3) is 21.4 Å². The molecule has 0 aliphatic heterocycles. The second-order valence-electron chi connectivity index (χ2n) is 5.25. The SMILES string of the molecule is NC(=O)c1nncc2cc(Nc3ccoc3-c3ccc(Br)cc3)sc12. The van der Waals surface area contributed by atoms with Gasteiger partial charge >= 0.3 is 0 Å². The number of nitrogens with one attached hydrogen (secondary N) is 1. The maximum absolute atomic E-state index is 11.5. The van der Waals surface area contributed by atoms with Crippen molar-refractivity contribution in [3.8, 4) is 11.3 Å². The number of hydrogen-bond donors (Lipinski definition) is 2. The number of primary amides is 1. The molecule has 0 fully saturated rings. The number of benzene rings is 1. The zero-order valence-corrected chi connectivity index (χ0v) is 15.1. The minimum absolute atomic E-state index is 0.177. The molecule has 25 heavy (non-hydrogen) atoms. The standard InChI is InChI=1S/C17H11BrN4O2S/c18-11-3-1-9(2-4-11)15-12(5-6-24-15)21-13-7-10-8-20-22-14(17(19)23)16(10)25-13/h1-8,21H,(H2,19,23). The third kappa shape index (κ3) is 3.01. The van der Waals surface area contributed by atoms with Crippen LogP contribution in [0.15, 0.2) is 57.7 Å². The zero-order valence-electron chi connectivity index (χ0n) is 12.7. The van der Waals surface area contributed by atoms with Gasteiger partial charge in [-0.25, -0.2) is 0 Å². The third-order valence-corrected chi connectivity index (χ3v) is 5.20. The molecule has 1 aromatic carbocycles. The lowest BCUT2D eigenvalue weighted by molar-refractivity contribution is 0.0996. The molecule has 3 aromatic heterocycles. The number of nitrogens with zero attached hydrogens (tertiary/aromatic N) is 2. The summed E-state index contributed by atoms with van der Waals surface area (Å²) in [7, 11) is 0. The van der Waals surface area contributed by atoms with Gasteiger partial charge in [0.25, 0.3) is 5.91 Å². The molecule has 0 aliphatic rings. The topological polar surface area (TPSA) is 94.0 Å². The average molecular weight is 415 g/mol. The summed E-state index contributed by atoms with van der Waals surface area (Å²) in [5, 5.41) is 12.6. The van der Waals surface area contributed by atoms with E-state index in [1.807, 2.05) is 36.4 Å². The maximum atomic E-state index is 11.5. The molecule has 0 bridgehead atoms. The summed E-state index contributed by atoms with van der Waals surface area (Å²) in [5.74, 6) is 0.140. The van der Waals surface area contributed by atoms with E-state index < -0.39 is 5.91 Å².